The van der Waals surface area contributed by atoms with E-state index in [9.17, 15) is 4.79 Å². The molecule has 2 heterocycles. The van der Waals surface area contributed by atoms with Crippen molar-refractivity contribution in [3.8, 4) is 0 Å². The van der Waals surface area contributed by atoms with Crippen molar-refractivity contribution in [2.75, 3.05) is 12.0 Å². The van der Waals surface area contributed by atoms with Gasteiger partial charge in [-0.2, -0.15) is 0 Å². The Balaban J connectivity index is 1.72. The molecule has 4 rings (SSSR count). The number of hydrogen-bond donors (Lipinski definition) is 0. The van der Waals surface area contributed by atoms with E-state index in [1.54, 1.807) is 6.20 Å². The predicted molar refractivity (Wildman–Crippen MR) is 117 cm³/mol. The van der Waals surface area contributed by atoms with Gasteiger partial charge >= 0.3 is 5.97 Å². The molecule has 1 aromatic heterocycles. The van der Waals surface area contributed by atoms with Crippen molar-refractivity contribution in [1.82, 2.24) is 4.98 Å². The summed E-state index contributed by atoms with van der Waals surface area (Å²) < 4.78 is 4.04. The lowest BCUT2D eigenvalue weighted by molar-refractivity contribution is -0.146. The maximum atomic E-state index is 12.7. The van der Waals surface area contributed by atoms with Crippen LogP contribution in [0.4, 0.5) is 5.69 Å². The summed E-state index contributed by atoms with van der Waals surface area (Å²) in [5.41, 5.74) is 3.88. The molecule has 1 fully saturated rings. The van der Waals surface area contributed by atoms with Crippen LogP contribution in [0, 0.1) is 12.8 Å². The summed E-state index contributed by atoms with van der Waals surface area (Å²) >= 11 is 13.3. The third-order valence-corrected chi connectivity index (χ3v) is 6.23. The molecule has 2 aromatic carbocycles. The monoisotopic (exact) mass is 428 g/mol. The lowest BCUT2D eigenvalue weighted by Crippen LogP contribution is -2.64. The number of esters is 1. The van der Waals surface area contributed by atoms with Gasteiger partial charge in [-0.15, -0.1) is 0 Å². The van der Waals surface area contributed by atoms with E-state index < -0.39 is 10.4 Å². The van der Waals surface area contributed by atoms with Crippen molar-refractivity contribution in [1.29, 1.82) is 0 Å². The van der Waals surface area contributed by atoms with Gasteiger partial charge in [0.15, 0.2) is 4.46 Å². The topological polar surface area (TPSA) is 42.4 Å². The number of rotatable bonds is 5. The molecule has 0 N–H and O–H groups in total. The van der Waals surface area contributed by atoms with Crippen LogP contribution in [0.3, 0.4) is 0 Å². The van der Waals surface area contributed by atoms with Crippen LogP contribution in [-0.4, -0.2) is 28.6 Å². The number of alkyl halides is 2. The summed E-state index contributed by atoms with van der Waals surface area (Å²) in [5, 5.41) is 0.993. The molecular weight excluding hydrogens is 407 g/mol. The molecule has 0 bridgehead atoms. The molecule has 1 saturated heterocycles. The van der Waals surface area contributed by atoms with Crippen LogP contribution >= 0.6 is 23.2 Å². The molecule has 1 aliphatic rings. The highest BCUT2D eigenvalue weighted by Gasteiger charge is 2.54. The van der Waals surface area contributed by atoms with E-state index >= 15 is 0 Å². The quantitative estimate of drug-likeness (QED) is 0.314. The minimum Gasteiger partial charge on any atom is -0.469 e. The van der Waals surface area contributed by atoms with Gasteiger partial charge < -0.3 is 9.64 Å². The molecule has 0 saturated carbocycles. The third-order valence-electron chi connectivity index (χ3n) is 5.55. The second kappa shape index (κ2) is 7.85. The van der Waals surface area contributed by atoms with Crippen LogP contribution in [0.1, 0.15) is 17.5 Å². The highest BCUT2D eigenvalue weighted by molar-refractivity contribution is 6.50. The number of halogens is 2. The summed E-state index contributed by atoms with van der Waals surface area (Å²) in [6.45, 7) is 2.04. The average Bonchev–Trinajstić information content (AvgIpc) is 2.72. The van der Waals surface area contributed by atoms with Gasteiger partial charge in [0.25, 0.3) is 0 Å². The highest BCUT2D eigenvalue weighted by atomic mass is 35.5. The number of anilines is 1. The largest absolute Gasteiger partial charge is 0.469 e. The van der Waals surface area contributed by atoms with Crippen LogP contribution in [0.15, 0.2) is 60.8 Å². The Morgan fingerprint density at radius 3 is 2.62 bits per heavy atom. The Morgan fingerprint density at radius 2 is 1.93 bits per heavy atom. The number of aromatic nitrogens is 1. The first kappa shape index (κ1) is 20.0. The van der Waals surface area contributed by atoms with Crippen LogP contribution in [-0.2, 0) is 16.0 Å². The maximum Gasteiger partial charge on any atom is 0.311 e. The molecule has 150 valence electrons. The minimum atomic E-state index is -1.10. The van der Waals surface area contributed by atoms with Crippen LogP contribution in [0.5, 0.6) is 0 Å². The zero-order chi connectivity index (χ0) is 20.6. The first-order valence-electron chi connectivity index (χ1n) is 9.55. The van der Waals surface area contributed by atoms with E-state index in [4.69, 9.17) is 27.9 Å². The Hall–Kier alpha value is -2.30. The normalized spacial score (nSPS) is 18.9. The second-order valence-electron chi connectivity index (χ2n) is 7.48. The molecule has 2 unspecified atom stereocenters. The van der Waals surface area contributed by atoms with Crippen molar-refractivity contribution in [2.24, 2.45) is 5.92 Å². The number of benzene rings is 2. The Kier molecular flexibility index (Phi) is 5.41. The van der Waals surface area contributed by atoms with E-state index in [1.807, 2.05) is 66.4 Å². The molecule has 4 nitrogen and oxygen atoms in total. The lowest BCUT2D eigenvalue weighted by atomic mass is 9.83. The third kappa shape index (κ3) is 3.79. The van der Waals surface area contributed by atoms with Gasteiger partial charge in [-0.1, -0.05) is 71.2 Å². The van der Waals surface area contributed by atoms with E-state index in [2.05, 4.69) is 4.98 Å². The Morgan fingerprint density at radius 1 is 1.21 bits per heavy atom. The number of nitrogens with zero attached hydrogens (tertiary/aromatic N) is 2. The number of hydrogen-bond acceptors (Lipinski definition) is 4. The molecule has 2 atom stereocenters. The molecular formula is C23H22Cl2N2O2. The number of carbonyl (C=O) groups excluding carboxylic acids is 1. The SMILES string of the molecule is COC(=O)C(Cc1ccc(C)cc1)C1CC(Cl)(Cl)N1c1cccc2cccnc12. The minimum absolute atomic E-state index is 0.189. The fourth-order valence-corrected chi connectivity index (χ4v) is 4.79. The van der Waals surface area contributed by atoms with Gasteiger partial charge in [-0.3, -0.25) is 9.78 Å². The molecule has 1 aliphatic heterocycles. The van der Waals surface area contributed by atoms with Gasteiger partial charge in [0.2, 0.25) is 0 Å². The van der Waals surface area contributed by atoms with Gasteiger partial charge in [0, 0.05) is 18.0 Å². The summed E-state index contributed by atoms with van der Waals surface area (Å²) in [4.78, 5) is 19.1. The fourth-order valence-electron chi connectivity index (χ4n) is 4.04. The van der Waals surface area contributed by atoms with Crippen molar-refractivity contribution in [3.05, 3.63) is 71.9 Å². The van der Waals surface area contributed by atoms with E-state index in [0.29, 0.717) is 12.8 Å². The van der Waals surface area contributed by atoms with Gasteiger partial charge in [-0.05, 0) is 31.0 Å². The fraction of sp³-hybridized carbons (Fsp3) is 0.304. The van der Waals surface area contributed by atoms with Crippen LogP contribution in [0.25, 0.3) is 10.9 Å². The zero-order valence-corrected chi connectivity index (χ0v) is 17.8. The summed E-state index contributed by atoms with van der Waals surface area (Å²) in [6, 6.07) is 17.8. The predicted octanol–water partition coefficient (Wildman–Crippen LogP) is 5.29. The van der Waals surface area contributed by atoms with E-state index in [0.717, 1.165) is 22.2 Å². The Labute approximate surface area is 180 Å². The van der Waals surface area contributed by atoms with Gasteiger partial charge in [-0.25, -0.2) is 0 Å². The second-order valence-corrected chi connectivity index (χ2v) is 8.92. The highest BCUT2D eigenvalue weighted by Crippen LogP contribution is 2.51. The zero-order valence-electron chi connectivity index (χ0n) is 16.3. The number of carbonyl (C=O) groups is 1. The average molecular weight is 429 g/mol. The molecule has 0 aliphatic carbocycles. The van der Waals surface area contributed by atoms with Gasteiger partial charge in [0.05, 0.1) is 30.3 Å². The summed E-state index contributed by atoms with van der Waals surface area (Å²) in [7, 11) is 1.42. The molecule has 6 heteroatoms. The van der Waals surface area contributed by atoms with Crippen molar-refractivity contribution in [2.45, 2.75) is 30.3 Å². The van der Waals surface area contributed by atoms with Gasteiger partial charge in [0.1, 0.15) is 0 Å². The molecule has 29 heavy (non-hydrogen) atoms. The van der Waals surface area contributed by atoms with Crippen molar-refractivity contribution >= 4 is 45.8 Å². The molecule has 0 amide bonds. The number of pyridine rings is 1. The smallest absolute Gasteiger partial charge is 0.311 e. The lowest BCUT2D eigenvalue weighted by Gasteiger charge is -2.54. The molecule has 0 radical (unpaired) electrons. The van der Waals surface area contributed by atoms with E-state index in [1.165, 1.54) is 12.7 Å². The van der Waals surface area contributed by atoms with Crippen LogP contribution < -0.4 is 4.90 Å². The van der Waals surface area contributed by atoms with Crippen LogP contribution in [0.2, 0.25) is 0 Å². The van der Waals surface area contributed by atoms with Crippen molar-refractivity contribution in [3.63, 3.8) is 0 Å². The number of aryl methyl sites for hydroxylation is 1. The summed E-state index contributed by atoms with van der Waals surface area (Å²) in [5.74, 6) is -0.662. The first-order chi connectivity index (χ1) is 13.9. The molecule has 0 spiro atoms. The first-order valence-corrected chi connectivity index (χ1v) is 10.3. The number of fused-ring (bicyclic) bond motifs is 1. The van der Waals surface area contributed by atoms with E-state index in [-0.39, 0.29) is 12.0 Å². The Bertz CT molecular complexity index is 1030. The number of para-hydroxylation sites is 1. The molecule has 3 aromatic rings. The van der Waals surface area contributed by atoms with Crippen molar-refractivity contribution < 1.29 is 9.53 Å². The maximum absolute atomic E-state index is 12.7. The number of methoxy groups -OCH3 is 1. The number of ether oxygens (including phenoxy) is 1. The standard InChI is InChI=1S/C23H22Cl2N2O2/c1-15-8-10-16(11-9-15)13-18(22(28)29-2)20-14-23(24,25)27(20)19-7-3-5-17-6-4-12-26-21(17)19/h3-12,18,20H,13-14H2,1-2H3. The summed E-state index contributed by atoms with van der Waals surface area (Å²) in [6.07, 6.45) is 2.76.